The zero-order valence-corrected chi connectivity index (χ0v) is 52.6. The third kappa shape index (κ3) is 65.5. The van der Waals surface area contributed by atoms with Gasteiger partial charge < -0.3 is 14.2 Å². The number of ether oxygens (including phenoxy) is 3. The van der Waals surface area contributed by atoms with Gasteiger partial charge in [-0.3, -0.25) is 14.4 Å². The molecule has 0 rings (SSSR count). The molecule has 0 saturated carbocycles. The molecule has 0 aliphatic carbocycles. The summed E-state index contributed by atoms with van der Waals surface area (Å²) in [6.45, 7) is 6.52. The van der Waals surface area contributed by atoms with Crippen molar-refractivity contribution in [3.05, 3.63) is 72.9 Å². The number of allylic oxidation sites excluding steroid dienone is 12. The van der Waals surface area contributed by atoms with Crippen molar-refractivity contribution >= 4 is 17.9 Å². The zero-order chi connectivity index (χ0) is 57.1. The zero-order valence-electron chi connectivity index (χ0n) is 52.6. The average Bonchev–Trinajstić information content (AvgIpc) is 3.45. The highest BCUT2D eigenvalue weighted by Gasteiger charge is 2.19. The van der Waals surface area contributed by atoms with Crippen molar-refractivity contribution in [2.45, 2.75) is 361 Å². The van der Waals surface area contributed by atoms with E-state index in [-0.39, 0.29) is 37.5 Å². The molecule has 1 atom stereocenters. The van der Waals surface area contributed by atoms with Crippen LogP contribution in [-0.4, -0.2) is 37.2 Å². The summed E-state index contributed by atoms with van der Waals surface area (Å²) in [5.41, 5.74) is 0. The van der Waals surface area contributed by atoms with Gasteiger partial charge in [-0.15, -0.1) is 0 Å². The molecule has 0 aromatic carbocycles. The second kappa shape index (κ2) is 67.4. The van der Waals surface area contributed by atoms with Gasteiger partial charge in [0, 0.05) is 19.3 Å². The van der Waals surface area contributed by atoms with Gasteiger partial charge in [0.1, 0.15) is 13.2 Å². The Labute approximate surface area is 491 Å². The van der Waals surface area contributed by atoms with Crippen molar-refractivity contribution in [2.75, 3.05) is 13.2 Å². The van der Waals surface area contributed by atoms with E-state index < -0.39 is 6.10 Å². The summed E-state index contributed by atoms with van der Waals surface area (Å²) < 4.78 is 16.9. The van der Waals surface area contributed by atoms with Crippen molar-refractivity contribution in [3.63, 3.8) is 0 Å². The first-order valence-electron chi connectivity index (χ1n) is 34.4. The average molecular weight is 1100 g/mol. The minimum atomic E-state index is -0.803. The highest BCUT2D eigenvalue weighted by molar-refractivity contribution is 5.71. The Morgan fingerprint density at radius 3 is 0.823 bits per heavy atom. The molecular weight excluding hydrogens is 973 g/mol. The third-order valence-electron chi connectivity index (χ3n) is 15.2. The Kier molecular flexibility index (Phi) is 64.7. The van der Waals surface area contributed by atoms with Gasteiger partial charge in [-0.25, -0.2) is 0 Å². The number of unbranched alkanes of at least 4 members (excludes halogenated alkanes) is 40. The number of carbonyl (C=O) groups excluding carboxylic acids is 3. The van der Waals surface area contributed by atoms with Crippen molar-refractivity contribution < 1.29 is 28.6 Å². The van der Waals surface area contributed by atoms with Crippen LogP contribution in [0.15, 0.2) is 72.9 Å². The SMILES string of the molecule is CC/C=C\C/C=C\C/C=C\C/C=C\C/C=C\CCCC(=O)OC(COC(=O)CCCCCCCCCCCCCCC)COC(=O)CCCCCCCCCCCCCCCCCCCCC/C=C\CCCCCCCCCC. The van der Waals surface area contributed by atoms with Crippen LogP contribution < -0.4 is 0 Å². The molecule has 0 aromatic rings. The van der Waals surface area contributed by atoms with E-state index in [1.54, 1.807) is 0 Å². The van der Waals surface area contributed by atoms with Gasteiger partial charge in [0.2, 0.25) is 0 Å². The molecule has 1 unspecified atom stereocenters. The van der Waals surface area contributed by atoms with Crippen molar-refractivity contribution in [3.8, 4) is 0 Å². The summed E-state index contributed by atoms with van der Waals surface area (Å²) in [4.78, 5) is 38.3. The van der Waals surface area contributed by atoms with Crippen LogP contribution in [0.25, 0.3) is 0 Å². The normalized spacial score (nSPS) is 12.5. The van der Waals surface area contributed by atoms with Crippen molar-refractivity contribution in [1.29, 1.82) is 0 Å². The molecule has 0 saturated heterocycles. The largest absolute Gasteiger partial charge is 0.462 e. The van der Waals surface area contributed by atoms with E-state index in [9.17, 15) is 14.4 Å². The molecule has 6 heteroatoms. The maximum Gasteiger partial charge on any atom is 0.306 e. The van der Waals surface area contributed by atoms with Crippen LogP contribution in [0, 0.1) is 0 Å². The van der Waals surface area contributed by atoms with E-state index in [0.717, 1.165) is 77.0 Å². The highest BCUT2D eigenvalue weighted by atomic mass is 16.6. The monoisotopic (exact) mass is 1100 g/mol. The predicted molar refractivity (Wildman–Crippen MR) is 344 cm³/mol. The Hall–Kier alpha value is -3.15. The number of esters is 3. The van der Waals surface area contributed by atoms with E-state index in [4.69, 9.17) is 14.2 Å². The van der Waals surface area contributed by atoms with Crippen molar-refractivity contribution in [1.82, 2.24) is 0 Å². The van der Waals surface area contributed by atoms with Crippen LogP contribution >= 0.6 is 0 Å². The van der Waals surface area contributed by atoms with Crippen LogP contribution in [-0.2, 0) is 28.6 Å². The number of hydrogen-bond donors (Lipinski definition) is 0. The highest BCUT2D eigenvalue weighted by Crippen LogP contribution is 2.18. The topological polar surface area (TPSA) is 78.9 Å². The first-order valence-corrected chi connectivity index (χ1v) is 34.4. The minimum absolute atomic E-state index is 0.0938. The van der Waals surface area contributed by atoms with Crippen LogP contribution in [0.4, 0.5) is 0 Å². The van der Waals surface area contributed by atoms with Crippen molar-refractivity contribution in [2.24, 2.45) is 0 Å². The fourth-order valence-electron chi connectivity index (χ4n) is 10.1. The molecule has 458 valence electrons. The summed E-state index contributed by atoms with van der Waals surface area (Å²) in [5, 5.41) is 0. The standard InChI is InChI=1S/C73H130O6/c1-4-7-10-13-16-19-22-25-27-29-30-31-32-33-34-35-36-37-38-39-40-41-42-44-45-48-51-54-57-60-63-66-72(75)78-69-70(68-77-71(74)65-62-59-56-53-50-47-24-21-18-15-12-9-6-3)79-73(76)67-64-61-58-55-52-49-46-43-28-26-23-20-17-14-11-8-5-2/h8,11,17,20,26,28-30,46,49,55,58,70H,4-7,9-10,12-16,18-19,21-25,27,31-45,47-48,50-54,56-57,59-69H2,1-3H3/b11-8-,20-17-,28-26-,30-29-,49-46-,58-55-. The summed E-state index contributed by atoms with van der Waals surface area (Å²) in [7, 11) is 0. The molecule has 0 fully saturated rings. The molecule has 0 amide bonds. The minimum Gasteiger partial charge on any atom is -0.462 e. The molecular formula is C73H130O6. The van der Waals surface area contributed by atoms with E-state index in [1.165, 1.54) is 231 Å². The molecule has 0 N–H and O–H groups in total. The maximum absolute atomic E-state index is 12.9. The van der Waals surface area contributed by atoms with Gasteiger partial charge in [-0.2, -0.15) is 0 Å². The second-order valence-corrected chi connectivity index (χ2v) is 23.1. The van der Waals surface area contributed by atoms with E-state index >= 15 is 0 Å². The van der Waals surface area contributed by atoms with E-state index in [2.05, 4.69) is 93.7 Å². The van der Waals surface area contributed by atoms with Crippen LogP contribution in [0.1, 0.15) is 355 Å². The fourth-order valence-corrected chi connectivity index (χ4v) is 10.1. The molecule has 0 radical (unpaired) electrons. The lowest BCUT2D eigenvalue weighted by Crippen LogP contribution is -2.30. The molecule has 79 heavy (non-hydrogen) atoms. The lowest BCUT2D eigenvalue weighted by molar-refractivity contribution is -0.167. The van der Waals surface area contributed by atoms with Crippen LogP contribution in [0.5, 0.6) is 0 Å². The number of rotatable bonds is 63. The Bertz CT molecular complexity index is 1450. The molecule has 0 aromatic heterocycles. The summed E-state index contributed by atoms with van der Waals surface area (Å²) in [5.74, 6) is -0.934. The molecule has 0 spiro atoms. The van der Waals surface area contributed by atoms with Gasteiger partial charge in [0.15, 0.2) is 6.10 Å². The lowest BCUT2D eigenvalue weighted by Gasteiger charge is -2.18. The number of carbonyl (C=O) groups is 3. The third-order valence-corrected chi connectivity index (χ3v) is 15.2. The van der Waals surface area contributed by atoms with Gasteiger partial charge >= 0.3 is 17.9 Å². The van der Waals surface area contributed by atoms with E-state index in [0.29, 0.717) is 19.3 Å². The van der Waals surface area contributed by atoms with Gasteiger partial charge in [-0.1, -0.05) is 325 Å². The van der Waals surface area contributed by atoms with Crippen LogP contribution in [0.3, 0.4) is 0 Å². The van der Waals surface area contributed by atoms with Gasteiger partial charge in [0.05, 0.1) is 0 Å². The molecule has 0 heterocycles. The summed E-state index contributed by atoms with van der Waals surface area (Å²) in [6, 6.07) is 0. The van der Waals surface area contributed by atoms with Gasteiger partial charge in [-0.05, 0) is 83.5 Å². The molecule has 0 aliphatic rings. The summed E-state index contributed by atoms with van der Waals surface area (Å²) >= 11 is 0. The quantitative estimate of drug-likeness (QED) is 0.0261. The first-order chi connectivity index (χ1) is 39.0. The first kappa shape index (κ1) is 75.8. The number of hydrogen-bond acceptors (Lipinski definition) is 6. The van der Waals surface area contributed by atoms with Gasteiger partial charge in [0.25, 0.3) is 0 Å². The summed E-state index contributed by atoms with van der Waals surface area (Å²) in [6.07, 6.45) is 88.1. The molecule has 0 aliphatic heterocycles. The lowest BCUT2D eigenvalue weighted by atomic mass is 10.0. The Balaban J connectivity index is 4.20. The van der Waals surface area contributed by atoms with Crippen LogP contribution in [0.2, 0.25) is 0 Å². The molecule has 0 bridgehead atoms. The molecule has 6 nitrogen and oxygen atoms in total. The Morgan fingerprint density at radius 1 is 0.266 bits per heavy atom. The fraction of sp³-hybridized carbons (Fsp3) is 0.795. The maximum atomic E-state index is 12.9. The second-order valence-electron chi connectivity index (χ2n) is 23.1. The Morgan fingerprint density at radius 2 is 0.506 bits per heavy atom. The van der Waals surface area contributed by atoms with E-state index in [1.807, 2.05) is 0 Å². The predicted octanol–water partition coefficient (Wildman–Crippen LogP) is 23.7. The smallest absolute Gasteiger partial charge is 0.306 e.